The summed E-state index contributed by atoms with van der Waals surface area (Å²) in [5, 5.41) is 1.46. The second-order valence-corrected chi connectivity index (χ2v) is 6.16. The molecule has 6 nitrogen and oxygen atoms in total. The number of ether oxygens (including phenoxy) is 2. The Balaban J connectivity index is 2.23. The lowest BCUT2D eigenvalue weighted by Gasteiger charge is -2.52. The van der Waals surface area contributed by atoms with Gasteiger partial charge in [-0.15, -0.1) is 0 Å². The fourth-order valence-electron chi connectivity index (χ4n) is 4.05. The lowest BCUT2D eigenvalue weighted by atomic mass is 9.64. The van der Waals surface area contributed by atoms with E-state index < -0.39 is 12.2 Å². The van der Waals surface area contributed by atoms with Gasteiger partial charge in [-0.05, 0) is 45.4 Å². The summed E-state index contributed by atoms with van der Waals surface area (Å²) >= 11 is 0. The fourth-order valence-corrected chi connectivity index (χ4v) is 4.05. The lowest BCUT2D eigenvalue weighted by molar-refractivity contribution is -0.0510. The van der Waals surface area contributed by atoms with Gasteiger partial charge in [0.25, 0.3) is 0 Å². The topological polar surface area (TPSA) is 67.9 Å². The first kappa shape index (κ1) is 16.9. The van der Waals surface area contributed by atoms with Crippen molar-refractivity contribution in [3.63, 3.8) is 0 Å². The van der Waals surface area contributed by atoms with Gasteiger partial charge in [-0.25, -0.2) is 20.0 Å². The molecule has 2 aliphatic carbocycles. The van der Waals surface area contributed by atoms with E-state index in [2.05, 4.69) is 5.43 Å². The zero-order valence-corrected chi connectivity index (χ0v) is 13.7. The first-order chi connectivity index (χ1) is 10.6. The highest BCUT2D eigenvalue weighted by molar-refractivity contribution is 5.74. The average Bonchev–Trinajstić information content (AvgIpc) is 2.53. The number of hydrazine groups is 1. The molecule has 0 aliphatic heterocycles. The minimum Gasteiger partial charge on any atom is -0.449 e. The second kappa shape index (κ2) is 7.70. The highest BCUT2D eigenvalue weighted by atomic mass is 16.6. The van der Waals surface area contributed by atoms with Gasteiger partial charge in [-0.1, -0.05) is 25.7 Å². The van der Waals surface area contributed by atoms with Crippen LogP contribution in [-0.4, -0.2) is 35.9 Å². The highest BCUT2D eigenvalue weighted by Gasteiger charge is 2.50. The Morgan fingerprint density at radius 2 is 1.64 bits per heavy atom. The highest BCUT2D eigenvalue weighted by Crippen LogP contribution is 2.47. The molecular formula is C16H28N2O4. The van der Waals surface area contributed by atoms with Gasteiger partial charge in [0.1, 0.15) is 0 Å². The number of amides is 2. The Hall–Kier alpha value is -1.46. The van der Waals surface area contributed by atoms with Crippen LogP contribution in [0, 0.1) is 5.92 Å². The quantitative estimate of drug-likeness (QED) is 0.808. The molecule has 2 fully saturated rings. The molecule has 1 N–H and O–H groups in total. The van der Waals surface area contributed by atoms with Crippen LogP contribution in [0.4, 0.5) is 9.59 Å². The van der Waals surface area contributed by atoms with Crippen LogP contribution in [0.25, 0.3) is 0 Å². The molecule has 0 aromatic rings. The van der Waals surface area contributed by atoms with E-state index in [9.17, 15) is 9.59 Å². The van der Waals surface area contributed by atoms with E-state index in [0.717, 1.165) is 38.5 Å². The zero-order chi connectivity index (χ0) is 16.0. The summed E-state index contributed by atoms with van der Waals surface area (Å²) in [4.78, 5) is 24.4. The van der Waals surface area contributed by atoms with Crippen molar-refractivity contribution in [2.75, 3.05) is 13.2 Å². The summed E-state index contributed by atoms with van der Waals surface area (Å²) in [7, 11) is 0. The van der Waals surface area contributed by atoms with Gasteiger partial charge in [0.05, 0.1) is 18.8 Å². The van der Waals surface area contributed by atoms with E-state index in [1.807, 2.05) is 0 Å². The first-order valence-electron chi connectivity index (χ1n) is 8.54. The summed E-state index contributed by atoms with van der Waals surface area (Å²) in [6.07, 6.45) is 7.56. The van der Waals surface area contributed by atoms with Gasteiger partial charge < -0.3 is 9.47 Å². The number of fused-ring (bicyclic) bond motifs is 1. The van der Waals surface area contributed by atoms with E-state index in [1.165, 1.54) is 17.9 Å². The summed E-state index contributed by atoms with van der Waals surface area (Å²) in [6.45, 7) is 4.09. The van der Waals surface area contributed by atoms with E-state index in [0.29, 0.717) is 12.5 Å². The normalized spacial score (nSPS) is 27.5. The summed E-state index contributed by atoms with van der Waals surface area (Å²) in [6, 6.07) is 0. The minimum absolute atomic E-state index is 0.277. The van der Waals surface area contributed by atoms with Crippen molar-refractivity contribution >= 4 is 12.2 Å². The molecule has 2 rings (SSSR count). The van der Waals surface area contributed by atoms with E-state index in [1.54, 1.807) is 13.8 Å². The molecule has 0 saturated heterocycles. The van der Waals surface area contributed by atoms with Crippen LogP contribution >= 0.6 is 0 Å². The average molecular weight is 312 g/mol. The molecule has 2 saturated carbocycles. The lowest BCUT2D eigenvalue weighted by Crippen LogP contribution is -2.65. The van der Waals surface area contributed by atoms with Crippen LogP contribution in [0.1, 0.15) is 65.2 Å². The van der Waals surface area contributed by atoms with Crippen molar-refractivity contribution in [3.8, 4) is 0 Å². The monoisotopic (exact) mass is 312 g/mol. The standard InChI is InChI=1S/C16H28N2O4/c1-3-21-14(19)17-18(15(20)22-4-2)16-11-7-5-9-13(16)10-6-8-12-16/h13H,3-12H2,1-2H3,(H,17,19). The van der Waals surface area contributed by atoms with E-state index >= 15 is 0 Å². The number of carbonyl (C=O) groups is 2. The van der Waals surface area contributed by atoms with Crippen LogP contribution in [0.5, 0.6) is 0 Å². The van der Waals surface area contributed by atoms with Crippen LogP contribution < -0.4 is 5.43 Å². The van der Waals surface area contributed by atoms with Crippen molar-refractivity contribution in [2.45, 2.75) is 70.8 Å². The number of hydrogen-bond acceptors (Lipinski definition) is 4. The van der Waals surface area contributed by atoms with E-state index in [-0.39, 0.29) is 12.1 Å². The first-order valence-corrected chi connectivity index (χ1v) is 8.54. The number of hydrogen-bond donors (Lipinski definition) is 1. The third-order valence-electron chi connectivity index (χ3n) is 4.96. The maximum Gasteiger partial charge on any atom is 0.429 e. The van der Waals surface area contributed by atoms with Crippen molar-refractivity contribution in [3.05, 3.63) is 0 Å². The third kappa shape index (κ3) is 3.47. The van der Waals surface area contributed by atoms with Gasteiger partial charge in [0.15, 0.2) is 0 Å². The molecule has 0 spiro atoms. The molecule has 0 unspecified atom stereocenters. The third-order valence-corrected chi connectivity index (χ3v) is 4.96. The molecule has 126 valence electrons. The molecular weight excluding hydrogens is 284 g/mol. The van der Waals surface area contributed by atoms with Gasteiger partial charge in [-0.2, -0.15) is 0 Å². The molecule has 0 aromatic heterocycles. The summed E-state index contributed by atoms with van der Waals surface area (Å²) in [5.74, 6) is 0.432. The Bertz CT molecular complexity index is 388. The van der Waals surface area contributed by atoms with Gasteiger partial charge in [-0.3, -0.25) is 0 Å². The van der Waals surface area contributed by atoms with Gasteiger partial charge >= 0.3 is 12.2 Å². The van der Waals surface area contributed by atoms with E-state index in [4.69, 9.17) is 9.47 Å². The Morgan fingerprint density at radius 1 is 1.05 bits per heavy atom. The predicted octanol–water partition coefficient (Wildman–Crippen LogP) is 3.61. The Morgan fingerprint density at radius 3 is 2.18 bits per heavy atom. The van der Waals surface area contributed by atoms with Crippen LogP contribution in [-0.2, 0) is 9.47 Å². The maximum atomic E-state index is 12.5. The number of carbonyl (C=O) groups excluding carboxylic acids is 2. The Labute approximate surface area is 132 Å². The minimum atomic E-state index is -0.583. The SMILES string of the molecule is CCOC(=O)NN(C(=O)OCC)C12CCCCC1CCCC2. The number of nitrogens with zero attached hydrogens (tertiary/aromatic N) is 1. The molecule has 2 aliphatic rings. The molecule has 0 radical (unpaired) electrons. The van der Waals surface area contributed by atoms with Crippen molar-refractivity contribution < 1.29 is 19.1 Å². The van der Waals surface area contributed by atoms with Gasteiger partial charge in [0, 0.05) is 0 Å². The van der Waals surface area contributed by atoms with Crippen molar-refractivity contribution in [1.29, 1.82) is 0 Å². The molecule has 0 bridgehead atoms. The smallest absolute Gasteiger partial charge is 0.429 e. The van der Waals surface area contributed by atoms with Crippen molar-refractivity contribution in [2.24, 2.45) is 5.92 Å². The van der Waals surface area contributed by atoms with Crippen LogP contribution in [0.15, 0.2) is 0 Å². The summed E-state index contributed by atoms with van der Waals surface area (Å²) < 4.78 is 10.2. The molecule has 2 amide bonds. The molecule has 22 heavy (non-hydrogen) atoms. The van der Waals surface area contributed by atoms with Crippen LogP contribution in [0.2, 0.25) is 0 Å². The number of rotatable bonds is 3. The molecule has 0 atom stereocenters. The second-order valence-electron chi connectivity index (χ2n) is 6.16. The maximum absolute atomic E-state index is 12.5. The van der Waals surface area contributed by atoms with Crippen molar-refractivity contribution in [1.82, 2.24) is 10.4 Å². The Kier molecular flexibility index (Phi) is 5.91. The zero-order valence-electron chi connectivity index (χ0n) is 13.7. The molecule has 0 heterocycles. The fraction of sp³-hybridized carbons (Fsp3) is 0.875. The largest absolute Gasteiger partial charge is 0.449 e. The van der Waals surface area contributed by atoms with Gasteiger partial charge in [0.2, 0.25) is 0 Å². The van der Waals surface area contributed by atoms with Crippen LogP contribution in [0.3, 0.4) is 0 Å². The molecule has 0 aromatic carbocycles. The number of nitrogens with one attached hydrogen (secondary N) is 1. The predicted molar refractivity (Wildman–Crippen MR) is 82.2 cm³/mol. The molecule has 6 heteroatoms. The summed E-state index contributed by atoms with van der Waals surface area (Å²) in [5.41, 5.74) is 2.35.